The second-order valence-electron chi connectivity index (χ2n) is 9.27. The van der Waals surface area contributed by atoms with Crippen LogP contribution in [0.4, 0.5) is 13.2 Å². The predicted octanol–water partition coefficient (Wildman–Crippen LogP) is 6.08. The van der Waals surface area contributed by atoms with Crippen LogP contribution in [0, 0.1) is 11.8 Å². The van der Waals surface area contributed by atoms with Gasteiger partial charge >= 0.3 is 6.18 Å². The first-order valence-electron chi connectivity index (χ1n) is 12.0. The molecule has 0 radical (unpaired) electrons. The van der Waals surface area contributed by atoms with Crippen LogP contribution >= 0.6 is 0 Å². The summed E-state index contributed by atoms with van der Waals surface area (Å²) in [6, 6.07) is 3.65. The Labute approximate surface area is 192 Å². The molecular formula is C24H39F3N2O2S. The van der Waals surface area contributed by atoms with Crippen molar-refractivity contribution in [3.8, 4) is 0 Å². The number of halogens is 3. The molecule has 0 unspecified atom stereocenters. The lowest BCUT2D eigenvalue weighted by Gasteiger charge is -2.28. The van der Waals surface area contributed by atoms with Gasteiger partial charge in [-0.3, -0.25) is 0 Å². The lowest BCUT2D eigenvalue weighted by molar-refractivity contribution is -0.137. The van der Waals surface area contributed by atoms with Crippen LogP contribution in [0.2, 0.25) is 0 Å². The Kier molecular flexibility index (Phi) is 11.0. The van der Waals surface area contributed by atoms with Crippen LogP contribution in [-0.2, 0) is 16.2 Å². The summed E-state index contributed by atoms with van der Waals surface area (Å²) in [5.74, 6) is 1.02. The standard InChI is InChI=1S/C24H39F3N2O2S/c1-3-4-6-17-29(2)18-7-5-8-20-9-11-21(12-10-20)19-28-32(30,31)23-15-13-22(14-16-23)24(25,26)27/h13-16,20-21,28H,3-12,17-19H2,1-2H3. The van der Waals surface area contributed by atoms with E-state index in [2.05, 4.69) is 23.6 Å². The monoisotopic (exact) mass is 476 g/mol. The zero-order valence-electron chi connectivity index (χ0n) is 19.5. The van der Waals surface area contributed by atoms with E-state index in [1.807, 2.05) is 0 Å². The van der Waals surface area contributed by atoms with Crippen LogP contribution in [0.1, 0.15) is 76.7 Å². The summed E-state index contributed by atoms with van der Waals surface area (Å²) in [5.41, 5.74) is -0.849. The highest BCUT2D eigenvalue weighted by atomic mass is 32.2. The second-order valence-corrected chi connectivity index (χ2v) is 11.0. The molecule has 8 heteroatoms. The highest BCUT2D eigenvalue weighted by molar-refractivity contribution is 7.89. The van der Waals surface area contributed by atoms with Gasteiger partial charge in [-0.1, -0.05) is 45.4 Å². The summed E-state index contributed by atoms with van der Waals surface area (Å²) in [6.45, 7) is 4.91. The van der Waals surface area contributed by atoms with Crippen LogP contribution < -0.4 is 4.72 Å². The Balaban J connectivity index is 1.64. The SMILES string of the molecule is CCCCCN(C)CCCCC1CCC(CNS(=O)(=O)c2ccc(C(F)(F)F)cc2)CC1. The number of unbranched alkanes of at least 4 members (excludes halogenated alkanes) is 3. The molecule has 1 fully saturated rings. The van der Waals surface area contributed by atoms with Gasteiger partial charge in [-0.25, -0.2) is 13.1 Å². The number of alkyl halides is 3. The van der Waals surface area contributed by atoms with E-state index in [1.54, 1.807) is 0 Å². The minimum absolute atomic E-state index is 0.126. The van der Waals surface area contributed by atoms with E-state index in [0.29, 0.717) is 12.5 Å². The Morgan fingerprint density at radius 1 is 0.938 bits per heavy atom. The van der Waals surface area contributed by atoms with Crippen molar-refractivity contribution in [2.24, 2.45) is 11.8 Å². The molecule has 1 aromatic rings. The first kappa shape index (κ1) is 27.1. The first-order valence-corrected chi connectivity index (χ1v) is 13.5. The molecule has 0 atom stereocenters. The van der Waals surface area contributed by atoms with Crippen molar-refractivity contribution in [3.05, 3.63) is 29.8 Å². The molecule has 0 bridgehead atoms. The molecule has 0 aliphatic heterocycles. The average molecular weight is 477 g/mol. The summed E-state index contributed by atoms with van der Waals surface area (Å²) < 4.78 is 65.4. The van der Waals surface area contributed by atoms with Crippen molar-refractivity contribution >= 4 is 10.0 Å². The molecule has 32 heavy (non-hydrogen) atoms. The quantitative estimate of drug-likeness (QED) is 0.351. The van der Waals surface area contributed by atoms with Crippen LogP contribution in [0.5, 0.6) is 0 Å². The number of nitrogens with zero attached hydrogens (tertiary/aromatic N) is 1. The topological polar surface area (TPSA) is 49.4 Å². The van der Waals surface area contributed by atoms with Crippen LogP contribution in [0.25, 0.3) is 0 Å². The number of rotatable bonds is 13. The van der Waals surface area contributed by atoms with Crippen molar-refractivity contribution in [1.82, 2.24) is 9.62 Å². The van der Waals surface area contributed by atoms with Gasteiger partial charge in [0, 0.05) is 6.54 Å². The van der Waals surface area contributed by atoms with Gasteiger partial charge < -0.3 is 4.90 Å². The summed E-state index contributed by atoms with van der Waals surface area (Å²) >= 11 is 0. The highest BCUT2D eigenvalue weighted by Crippen LogP contribution is 2.32. The molecule has 184 valence electrons. The Morgan fingerprint density at radius 3 is 2.06 bits per heavy atom. The molecule has 1 aliphatic carbocycles. The molecular weight excluding hydrogens is 437 g/mol. The highest BCUT2D eigenvalue weighted by Gasteiger charge is 2.31. The van der Waals surface area contributed by atoms with Gasteiger partial charge in [-0.05, 0) is 81.9 Å². The average Bonchev–Trinajstić information content (AvgIpc) is 2.76. The first-order chi connectivity index (χ1) is 15.1. The third kappa shape index (κ3) is 9.40. The molecule has 2 rings (SSSR count). The van der Waals surface area contributed by atoms with E-state index in [4.69, 9.17) is 0 Å². The van der Waals surface area contributed by atoms with Crippen LogP contribution in [0.15, 0.2) is 29.2 Å². The second kappa shape index (κ2) is 12.9. The molecule has 0 amide bonds. The molecule has 0 spiro atoms. The summed E-state index contributed by atoms with van der Waals surface area (Å²) in [7, 11) is -1.59. The van der Waals surface area contributed by atoms with E-state index in [9.17, 15) is 21.6 Å². The number of nitrogens with one attached hydrogen (secondary N) is 1. The molecule has 0 saturated heterocycles. The van der Waals surface area contributed by atoms with Crippen LogP contribution in [0.3, 0.4) is 0 Å². The zero-order valence-corrected chi connectivity index (χ0v) is 20.3. The van der Waals surface area contributed by atoms with Gasteiger partial charge in [0.15, 0.2) is 0 Å². The number of hydrogen-bond acceptors (Lipinski definition) is 3. The summed E-state index contributed by atoms with van der Waals surface area (Å²) in [5, 5.41) is 0. The van der Waals surface area contributed by atoms with E-state index < -0.39 is 21.8 Å². The van der Waals surface area contributed by atoms with Gasteiger partial charge in [-0.2, -0.15) is 13.2 Å². The number of benzene rings is 1. The predicted molar refractivity (Wildman–Crippen MR) is 123 cm³/mol. The third-order valence-corrected chi connectivity index (χ3v) is 8.01. The Hall–Kier alpha value is -1.12. The maximum atomic E-state index is 12.7. The molecule has 1 aromatic carbocycles. The molecule has 1 aliphatic rings. The third-order valence-electron chi connectivity index (χ3n) is 6.57. The molecule has 0 aromatic heterocycles. The lowest BCUT2D eigenvalue weighted by Crippen LogP contribution is -2.31. The lowest BCUT2D eigenvalue weighted by atomic mass is 9.80. The van der Waals surface area contributed by atoms with Gasteiger partial charge in [-0.15, -0.1) is 0 Å². The maximum Gasteiger partial charge on any atom is 0.416 e. The van der Waals surface area contributed by atoms with Gasteiger partial charge in [0.1, 0.15) is 0 Å². The van der Waals surface area contributed by atoms with Crippen molar-refractivity contribution in [2.75, 3.05) is 26.7 Å². The normalized spacial score (nSPS) is 20.1. The van der Waals surface area contributed by atoms with E-state index >= 15 is 0 Å². The van der Waals surface area contributed by atoms with E-state index in [-0.39, 0.29) is 4.90 Å². The van der Waals surface area contributed by atoms with Crippen molar-refractivity contribution in [1.29, 1.82) is 0 Å². The fourth-order valence-corrected chi connectivity index (χ4v) is 5.53. The summed E-state index contributed by atoms with van der Waals surface area (Å²) in [4.78, 5) is 2.30. The van der Waals surface area contributed by atoms with Crippen LogP contribution in [-0.4, -0.2) is 40.0 Å². The van der Waals surface area contributed by atoms with E-state index in [1.165, 1.54) is 45.1 Å². The van der Waals surface area contributed by atoms with Gasteiger partial charge in [0.2, 0.25) is 10.0 Å². The molecule has 0 heterocycles. The molecule has 1 N–H and O–H groups in total. The number of hydrogen-bond donors (Lipinski definition) is 1. The zero-order chi connectivity index (χ0) is 23.6. The van der Waals surface area contributed by atoms with Crippen molar-refractivity contribution < 1.29 is 21.6 Å². The minimum Gasteiger partial charge on any atom is -0.306 e. The molecule has 4 nitrogen and oxygen atoms in total. The summed E-state index contributed by atoms with van der Waals surface area (Å²) in [6.07, 6.45) is 7.32. The fourth-order valence-electron chi connectivity index (χ4n) is 4.42. The largest absolute Gasteiger partial charge is 0.416 e. The van der Waals surface area contributed by atoms with Gasteiger partial charge in [0.25, 0.3) is 0 Å². The molecule has 1 saturated carbocycles. The smallest absolute Gasteiger partial charge is 0.306 e. The number of sulfonamides is 1. The van der Waals surface area contributed by atoms with E-state index in [0.717, 1.165) is 62.4 Å². The Bertz CT molecular complexity index is 758. The Morgan fingerprint density at radius 2 is 1.50 bits per heavy atom. The van der Waals surface area contributed by atoms with Crippen molar-refractivity contribution in [2.45, 2.75) is 82.2 Å². The van der Waals surface area contributed by atoms with Gasteiger partial charge in [0.05, 0.1) is 10.5 Å². The van der Waals surface area contributed by atoms with Crippen molar-refractivity contribution in [3.63, 3.8) is 0 Å². The minimum atomic E-state index is -4.47. The fraction of sp³-hybridized carbons (Fsp3) is 0.750. The maximum absolute atomic E-state index is 12.7.